The molecular weight excluding hydrogens is 416 g/mol. The molecule has 0 spiro atoms. The second-order valence-corrected chi connectivity index (χ2v) is 9.42. The minimum absolute atomic E-state index is 0.139. The highest BCUT2D eigenvalue weighted by atomic mass is 32.2. The summed E-state index contributed by atoms with van der Waals surface area (Å²) in [6, 6.07) is 8.59. The van der Waals surface area contributed by atoms with Gasteiger partial charge < -0.3 is 9.72 Å². The van der Waals surface area contributed by atoms with Crippen molar-refractivity contribution in [1.82, 2.24) is 29.0 Å². The lowest BCUT2D eigenvalue weighted by Crippen LogP contribution is -2.39. The van der Waals surface area contributed by atoms with Crippen molar-refractivity contribution in [1.29, 1.82) is 0 Å². The summed E-state index contributed by atoms with van der Waals surface area (Å²) in [6.07, 6.45) is 8.54. The molecule has 5 rings (SSSR count). The standard InChI is InChI=1S/C21H22N6O3S/c1-30-17-2-4-18(5-3-17)31(28,29)26-10-7-16(8-11-26)27-13-15(12-25-27)20-19-6-9-22-21(19)24-14-23-20/h2-6,9,12-14,16H,7-8,10-11H2,1H3,(H,22,23,24). The van der Waals surface area contributed by atoms with Gasteiger partial charge >= 0.3 is 0 Å². The molecule has 0 amide bonds. The number of fused-ring (bicyclic) bond motifs is 1. The van der Waals surface area contributed by atoms with E-state index in [0.717, 1.165) is 22.3 Å². The van der Waals surface area contributed by atoms with Crippen LogP contribution in [0.4, 0.5) is 0 Å². The molecule has 160 valence electrons. The SMILES string of the molecule is COc1ccc(S(=O)(=O)N2CCC(n3cc(-c4ncnc5[nH]ccc45)cn3)CC2)cc1. The predicted molar refractivity (Wildman–Crippen MR) is 115 cm³/mol. The number of piperidine rings is 1. The van der Waals surface area contributed by atoms with Gasteiger partial charge in [0.1, 0.15) is 17.7 Å². The number of ether oxygens (including phenoxy) is 1. The van der Waals surface area contributed by atoms with Crippen LogP contribution in [0.5, 0.6) is 5.75 Å². The summed E-state index contributed by atoms with van der Waals surface area (Å²) in [7, 11) is -1.96. The summed E-state index contributed by atoms with van der Waals surface area (Å²) < 4.78 is 34.5. The van der Waals surface area contributed by atoms with Crippen LogP contribution in [0.15, 0.2) is 60.1 Å². The zero-order valence-electron chi connectivity index (χ0n) is 17.0. The molecule has 31 heavy (non-hydrogen) atoms. The number of aromatic amines is 1. The lowest BCUT2D eigenvalue weighted by Gasteiger charge is -2.31. The molecule has 0 saturated carbocycles. The Bertz CT molecular complexity index is 1300. The van der Waals surface area contributed by atoms with E-state index < -0.39 is 10.0 Å². The highest BCUT2D eigenvalue weighted by molar-refractivity contribution is 7.89. The van der Waals surface area contributed by atoms with E-state index >= 15 is 0 Å². The summed E-state index contributed by atoms with van der Waals surface area (Å²) in [4.78, 5) is 12.0. The summed E-state index contributed by atoms with van der Waals surface area (Å²) in [5.41, 5.74) is 2.53. The van der Waals surface area contributed by atoms with Gasteiger partial charge in [0.2, 0.25) is 10.0 Å². The van der Waals surface area contributed by atoms with Crippen molar-refractivity contribution in [2.45, 2.75) is 23.8 Å². The van der Waals surface area contributed by atoms with Crippen molar-refractivity contribution in [2.75, 3.05) is 20.2 Å². The number of sulfonamides is 1. The molecule has 1 fully saturated rings. The van der Waals surface area contributed by atoms with Crippen molar-refractivity contribution in [3.63, 3.8) is 0 Å². The number of rotatable bonds is 5. The van der Waals surface area contributed by atoms with Crippen molar-refractivity contribution >= 4 is 21.1 Å². The van der Waals surface area contributed by atoms with Crippen LogP contribution in [0.3, 0.4) is 0 Å². The maximum atomic E-state index is 13.0. The number of aromatic nitrogens is 5. The Morgan fingerprint density at radius 1 is 1.10 bits per heavy atom. The van der Waals surface area contributed by atoms with Gasteiger partial charge in [0.05, 0.1) is 29.9 Å². The molecule has 0 atom stereocenters. The molecular formula is C21H22N6O3S. The maximum Gasteiger partial charge on any atom is 0.243 e. The largest absolute Gasteiger partial charge is 0.497 e. The van der Waals surface area contributed by atoms with E-state index in [0.29, 0.717) is 31.7 Å². The molecule has 4 heterocycles. The number of hydrogen-bond acceptors (Lipinski definition) is 6. The van der Waals surface area contributed by atoms with Gasteiger partial charge in [-0.2, -0.15) is 9.40 Å². The molecule has 1 saturated heterocycles. The van der Waals surface area contributed by atoms with E-state index in [1.165, 1.54) is 6.33 Å². The van der Waals surface area contributed by atoms with E-state index in [4.69, 9.17) is 4.74 Å². The zero-order chi connectivity index (χ0) is 21.4. The Labute approximate surface area is 179 Å². The fraction of sp³-hybridized carbons (Fsp3) is 0.286. The molecule has 1 aliphatic heterocycles. The number of H-pyrrole nitrogens is 1. The van der Waals surface area contributed by atoms with E-state index in [9.17, 15) is 8.42 Å². The number of hydrogen-bond donors (Lipinski definition) is 1. The number of nitrogens with zero attached hydrogens (tertiary/aromatic N) is 5. The average molecular weight is 439 g/mol. The molecule has 0 unspecified atom stereocenters. The maximum absolute atomic E-state index is 13.0. The highest BCUT2D eigenvalue weighted by Crippen LogP contribution is 2.30. The van der Waals surface area contributed by atoms with Crippen LogP contribution in [0.1, 0.15) is 18.9 Å². The third-order valence-electron chi connectivity index (χ3n) is 5.72. The third kappa shape index (κ3) is 3.57. The Morgan fingerprint density at radius 3 is 2.61 bits per heavy atom. The number of nitrogens with one attached hydrogen (secondary N) is 1. The topological polar surface area (TPSA) is 106 Å². The first-order valence-corrected chi connectivity index (χ1v) is 11.5. The summed E-state index contributed by atoms with van der Waals surface area (Å²) in [5, 5.41) is 5.48. The lowest BCUT2D eigenvalue weighted by molar-refractivity contribution is 0.261. The van der Waals surface area contributed by atoms with Gasteiger partial charge in [-0.25, -0.2) is 18.4 Å². The first kappa shape index (κ1) is 19.7. The fourth-order valence-electron chi connectivity index (χ4n) is 4.01. The molecule has 1 aromatic carbocycles. The molecule has 9 nitrogen and oxygen atoms in total. The molecule has 1 N–H and O–H groups in total. The Morgan fingerprint density at radius 2 is 1.87 bits per heavy atom. The van der Waals surface area contributed by atoms with Crippen LogP contribution in [0, 0.1) is 0 Å². The minimum Gasteiger partial charge on any atom is -0.497 e. The molecule has 1 aliphatic rings. The van der Waals surface area contributed by atoms with Crippen molar-refractivity contribution < 1.29 is 13.2 Å². The van der Waals surface area contributed by atoms with Crippen LogP contribution >= 0.6 is 0 Å². The number of methoxy groups -OCH3 is 1. The van der Waals surface area contributed by atoms with Crippen molar-refractivity contribution in [3.8, 4) is 17.0 Å². The summed E-state index contributed by atoms with van der Waals surface area (Å²) >= 11 is 0. The lowest BCUT2D eigenvalue weighted by atomic mass is 10.1. The van der Waals surface area contributed by atoms with E-state index in [2.05, 4.69) is 20.1 Å². The third-order valence-corrected chi connectivity index (χ3v) is 7.64. The second-order valence-electron chi connectivity index (χ2n) is 7.48. The van der Waals surface area contributed by atoms with Gasteiger partial charge in [-0.15, -0.1) is 0 Å². The van der Waals surface area contributed by atoms with Gasteiger partial charge in [-0.05, 0) is 43.2 Å². The van der Waals surface area contributed by atoms with Crippen LogP contribution in [-0.4, -0.2) is 57.7 Å². The molecule has 0 aliphatic carbocycles. The second kappa shape index (κ2) is 7.78. The minimum atomic E-state index is -3.52. The molecule has 4 aromatic rings. The normalized spacial score (nSPS) is 16.0. The van der Waals surface area contributed by atoms with Gasteiger partial charge in [0.15, 0.2) is 0 Å². The molecule has 0 bridgehead atoms. The quantitative estimate of drug-likeness (QED) is 0.514. The predicted octanol–water partition coefficient (Wildman–Crippen LogP) is 2.86. The first-order valence-electron chi connectivity index (χ1n) is 10.0. The van der Waals surface area contributed by atoms with Gasteiger partial charge in [-0.1, -0.05) is 0 Å². The van der Waals surface area contributed by atoms with Crippen LogP contribution in [0.25, 0.3) is 22.3 Å². The Hall–Kier alpha value is -3.24. The van der Waals surface area contributed by atoms with Gasteiger partial charge in [0.25, 0.3) is 0 Å². The van der Waals surface area contributed by atoms with Crippen molar-refractivity contribution in [2.24, 2.45) is 0 Å². The zero-order valence-corrected chi connectivity index (χ0v) is 17.8. The van der Waals surface area contributed by atoms with E-state index in [-0.39, 0.29) is 10.9 Å². The Balaban J connectivity index is 1.30. The van der Waals surface area contributed by atoms with Crippen LogP contribution in [0.2, 0.25) is 0 Å². The summed E-state index contributed by atoms with van der Waals surface area (Å²) in [5.74, 6) is 0.632. The van der Waals surface area contributed by atoms with Gasteiger partial charge in [0, 0.05) is 36.4 Å². The molecule has 0 radical (unpaired) electrons. The molecule has 10 heteroatoms. The average Bonchev–Trinajstić information content (AvgIpc) is 3.49. The molecule has 3 aromatic heterocycles. The monoisotopic (exact) mass is 438 g/mol. The number of benzene rings is 1. The van der Waals surface area contributed by atoms with E-state index in [1.807, 2.05) is 23.1 Å². The first-order chi connectivity index (χ1) is 15.1. The van der Waals surface area contributed by atoms with Gasteiger partial charge in [-0.3, -0.25) is 4.68 Å². The van der Waals surface area contributed by atoms with Crippen LogP contribution in [-0.2, 0) is 10.0 Å². The summed E-state index contributed by atoms with van der Waals surface area (Å²) in [6.45, 7) is 0.896. The Kier molecular flexibility index (Phi) is 4.95. The highest BCUT2D eigenvalue weighted by Gasteiger charge is 2.30. The van der Waals surface area contributed by atoms with E-state index in [1.54, 1.807) is 41.9 Å². The van der Waals surface area contributed by atoms with Crippen LogP contribution < -0.4 is 4.74 Å². The smallest absolute Gasteiger partial charge is 0.243 e. The fourth-order valence-corrected chi connectivity index (χ4v) is 5.48. The van der Waals surface area contributed by atoms with Crippen molar-refractivity contribution in [3.05, 3.63) is 55.2 Å².